The van der Waals surface area contributed by atoms with E-state index in [0.29, 0.717) is 11.5 Å². The quantitative estimate of drug-likeness (QED) is 0.558. The summed E-state index contributed by atoms with van der Waals surface area (Å²) in [6.07, 6.45) is 0. The van der Waals surface area contributed by atoms with E-state index in [-0.39, 0.29) is 0 Å². The van der Waals surface area contributed by atoms with Gasteiger partial charge in [0, 0.05) is 0 Å². The van der Waals surface area contributed by atoms with Crippen molar-refractivity contribution in [3.63, 3.8) is 0 Å². The highest BCUT2D eigenvalue weighted by Gasteiger charge is 1.99. The molecule has 0 amide bonds. The Labute approximate surface area is 59.7 Å². The highest BCUT2D eigenvalue weighted by molar-refractivity contribution is 4.95. The van der Waals surface area contributed by atoms with Gasteiger partial charge in [-0.25, -0.2) is 4.79 Å². The molecule has 0 radical (unpaired) electrons. The van der Waals surface area contributed by atoms with E-state index >= 15 is 0 Å². The SMILES string of the molecule is CC.Cc1oc(=O)oc1C. The number of rotatable bonds is 0. The van der Waals surface area contributed by atoms with Crippen LogP contribution in [-0.4, -0.2) is 0 Å². The van der Waals surface area contributed by atoms with Crippen molar-refractivity contribution in [1.82, 2.24) is 0 Å². The van der Waals surface area contributed by atoms with E-state index in [1.807, 2.05) is 13.8 Å². The van der Waals surface area contributed by atoms with Crippen LogP contribution in [0.4, 0.5) is 0 Å². The van der Waals surface area contributed by atoms with Gasteiger partial charge in [-0.15, -0.1) is 0 Å². The van der Waals surface area contributed by atoms with E-state index in [9.17, 15) is 4.79 Å². The van der Waals surface area contributed by atoms with Crippen molar-refractivity contribution in [3.05, 3.63) is 22.1 Å². The molecule has 0 saturated heterocycles. The number of hydrogen-bond donors (Lipinski definition) is 0. The molecule has 0 fully saturated rings. The maximum absolute atomic E-state index is 10.2. The topological polar surface area (TPSA) is 43.4 Å². The molecule has 0 atom stereocenters. The minimum atomic E-state index is -0.625. The van der Waals surface area contributed by atoms with E-state index in [0.717, 1.165) is 0 Å². The third-order valence-corrected chi connectivity index (χ3v) is 0.969. The van der Waals surface area contributed by atoms with E-state index < -0.39 is 5.82 Å². The second-order valence-corrected chi connectivity index (χ2v) is 1.57. The lowest BCUT2D eigenvalue weighted by atomic mass is 10.4. The average molecular weight is 144 g/mol. The normalized spacial score (nSPS) is 8.40. The van der Waals surface area contributed by atoms with Crippen LogP contribution in [0.15, 0.2) is 13.6 Å². The van der Waals surface area contributed by atoms with Gasteiger partial charge in [0.05, 0.1) is 0 Å². The molecule has 3 nitrogen and oxygen atoms in total. The molecular weight excluding hydrogens is 132 g/mol. The van der Waals surface area contributed by atoms with Crippen LogP contribution in [0.1, 0.15) is 25.4 Å². The minimum Gasteiger partial charge on any atom is -0.396 e. The second kappa shape index (κ2) is 3.93. The number of hydrogen-bond acceptors (Lipinski definition) is 3. The molecule has 1 heterocycles. The van der Waals surface area contributed by atoms with Crippen molar-refractivity contribution in [2.45, 2.75) is 27.7 Å². The predicted octanol–water partition coefficient (Wildman–Crippen LogP) is 1.88. The first-order chi connectivity index (χ1) is 4.70. The molecule has 0 aliphatic carbocycles. The summed E-state index contributed by atoms with van der Waals surface area (Å²) < 4.78 is 8.98. The van der Waals surface area contributed by atoms with Crippen molar-refractivity contribution in [3.8, 4) is 0 Å². The fraction of sp³-hybridized carbons (Fsp3) is 0.571. The fourth-order valence-electron chi connectivity index (χ4n) is 0.415. The molecule has 1 rings (SSSR count). The monoisotopic (exact) mass is 144 g/mol. The largest absolute Gasteiger partial charge is 0.518 e. The minimum absolute atomic E-state index is 0.551. The summed E-state index contributed by atoms with van der Waals surface area (Å²) in [5, 5.41) is 0. The summed E-state index contributed by atoms with van der Waals surface area (Å²) in [7, 11) is 0. The van der Waals surface area contributed by atoms with Crippen molar-refractivity contribution < 1.29 is 8.83 Å². The molecule has 0 aromatic carbocycles. The molecular formula is C7H12O3. The Morgan fingerprint density at radius 2 is 1.30 bits per heavy atom. The molecule has 10 heavy (non-hydrogen) atoms. The van der Waals surface area contributed by atoms with E-state index in [2.05, 4.69) is 8.83 Å². The van der Waals surface area contributed by atoms with Gasteiger partial charge in [0.2, 0.25) is 0 Å². The van der Waals surface area contributed by atoms with Gasteiger partial charge < -0.3 is 8.83 Å². The molecule has 0 unspecified atom stereocenters. The van der Waals surface area contributed by atoms with Crippen LogP contribution in [0.3, 0.4) is 0 Å². The Morgan fingerprint density at radius 3 is 1.40 bits per heavy atom. The number of aryl methyl sites for hydroxylation is 2. The van der Waals surface area contributed by atoms with Crippen LogP contribution in [-0.2, 0) is 0 Å². The Morgan fingerprint density at radius 1 is 1.00 bits per heavy atom. The first-order valence-electron chi connectivity index (χ1n) is 3.27. The third-order valence-electron chi connectivity index (χ3n) is 0.969. The lowest BCUT2D eigenvalue weighted by molar-refractivity contribution is 0.373. The molecule has 58 valence electrons. The van der Waals surface area contributed by atoms with Gasteiger partial charge in [0.1, 0.15) is 11.5 Å². The molecule has 0 aliphatic rings. The van der Waals surface area contributed by atoms with Gasteiger partial charge >= 0.3 is 5.82 Å². The third kappa shape index (κ3) is 2.09. The average Bonchev–Trinajstić information content (AvgIpc) is 2.16. The van der Waals surface area contributed by atoms with Crippen LogP contribution in [0, 0.1) is 13.8 Å². The summed E-state index contributed by atoms with van der Waals surface area (Å²) in [6.45, 7) is 7.36. The zero-order valence-electron chi connectivity index (χ0n) is 6.72. The van der Waals surface area contributed by atoms with Crippen LogP contribution in [0.2, 0.25) is 0 Å². The Bertz CT molecular complexity index is 209. The molecule has 1 aromatic heterocycles. The van der Waals surface area contributed by atoms with Crippen molar-refractivity contribution in [2.75, 3.05) is 0 Å². The standard InChI is InChI=1S/C5H6O3.C2H6/c1-3-4(2)8-5(6)7-3;1-2/h1-2H3;1-2H3. The smallest absolute Gasteiger partial charge is 0.396 e. The van der Waals surface area contributed by atoms with Gasteiger partial charge in [0.15, 0.2) is 0 Å². The molecule has 3 heteroatoms. The van der Waals surface area contributed by atoms with E-state index in [1.165, 1.54) is 0 Å². The summed E-state index contributed by atoms with van der Waals surface area (Å²) >= 11 is 0. The van der Waals surface area contributed by atoms with Crippen LogP contribution >= 0.6 is 0 Å². The second-order valence-electron chi connectivity index (χ2n) is 1.57. The summed E-state index contributed by atoms with van der Waals surface area (Å²) in [6, 6.07) is 0. The molecule has 0 aliphatic heterocycles. The van der Waals surface area contributed by atoms with Crippen LogP contribution in [0.5, 0.6) is 0 Å². The highest BCUT2D eigenvalue weighted by Crippen LogP contribution is 1.99. The summed E-state index contributed by atoms with van der Waals surface area (Å²) in [5.74, 6) is 0.477. The fourth-order valence-corrected chi connectivity index (χ4v) is 0.415. The molecule has 0 spiro atoms. The van der Waals surface area contributed by atoms with E-state index in [4.69, 9.17) is 0 Å². The van der Waals surface area contributed by atoms with Gasteiger partial charge in [0.25, 0.3) is 0 Å². The maximum Gasteiger partial charge on any atom is 0.518 e. The van der Waals surface area contributed by atoms with E-state index in [1.54, 1.807) is 13.8 Å². The lowest BCUT2D eigenvalue weighted by Gasteiger charge is -1.74. The Balaban J connectivity index is 0.000000371. The zero-order valence-corrected chi connectivity index (χ0v) is 6.72. The highest BCUT2D eigenvalue weighted by atomic mass is 16.6. The Hall–Kier alpha value is -0.990. The first-order valence-corrected chi connectivity index (χ1v) is 3.27. The van der Waals surface area contributed by atoms with Gasteiger partial charge in [-0.3, -0.25) is 0 Å². The van der Waals surface area contributed by atoms with Gasteiger partial charge in [-0.2, -0.15) is 0 Å². The zero-order chi connectivity index (χ0) is 8.15. The molecule has 0 saturated carbocycles. The lowest BCUT2D eigenvalue weighted by Crippen LogP contribution is -1.85. The molecule has 1 aromatic rings. The van der Waals surface area contributed by atoms with Gasteiger partial charge in [-0.05, 0) is 13.8 Å². The first kappa shape index (κ1) is 9.01. The van der Waals surface area contributed by atoms with Gasteiger partial charge in [-0.1, -0.05) is 13.8 Å². The van der Waals surface area contributed by atoms with Crippen molar-refractivity contribution in [2.24, 2.45) is 0 Å². The Kier molecular flexibility index (Phi) is 3.54. The summed E-state index contributed by atoms with van der Waals surface area (Å²) in [4.78, 5) is 10.2. The predicted molar refractivity (Wildman–Crippen MR) is 38.1 cm³/mol. The van der Waals surface area contributed by atoms with Crippen molar-refractivity contribution in [1.29, 1.82) is 0 Å². The van der Waals surface area contributed by atoms with Crippen molar-refractivity contribution >= 4 is 0 Å². The van der Waals surface area contributed by atoms with Crippen LogP contribution < -0.4 is 5.82 Å². The molecule has 0 N–H and O–H groups in total. The maximum atomic E-state index is 10.2. The van der Waals surface area contributed by atoms with Crippen LogP contribution in [0.25, 0.3) is 0 Å². The summed E-state index contributed by atoms with van der Waals surface area (Å²) in [5.41, 5.74) is 0. The molecule has 0 bridgehead atoms.